The predicted octanol–water partition coefficient (Wildman–Crippen LogP) is 1.16. The van der Waals surface area contributed by atoms with Crippen LogP contribution in [-0.2, 0) is 4.79 Å². The maximum absolute atomic E-state index is 10.7. The van der Waals surface area contributed by atoms with Gasteiger partial charge in [0.05, 0.1) is 11.9 Å². The molecule has 0 aromatic carbocycles. The highest BCUT2D eigenvalue weighted by molar-refractivity contribution is 5.89. The van der Waals surface area contributed by atoms with E-state index in [1.807, 2.05) is 0 Å². The van der Waals surface area contributed by atoms with Gasteiger partial charge in [-0.3, -0.25) is 14.6 Å². The summed E-state index contributed by atoms with van der Waals surface area (Å²) in [5, 5.41) is 2.61. The third-order valence-corrected chi connectivity index (χ3v) is 1.56. The zero-order chi connectivity index (χ0) is 9.84. The van der Waals surface area contributed by atoms with Gasteiger partial charge in [0.2, 0.25) is 5.91 Å². The first-order chi connectivity index (χ1) is 6.13. The zero-order valence-electron chi connectivity index (χ0n) is 7.50. The molecule has 1 heterocycles. The van der Waals surface area contributed by atoms with Crippen LogP contribution in [0.5, 0.6) is 0 Å². The number of aldehydes is 1. The zero-order valence-corrected chi connectivity index (χ0v) is 7.50. The van der Waals surface area contributed by atoms with E-state index in [9.17, 15) is 9.59 Å². The highest BCUT2D eigenvalue weighted by atomic mass is 16.1. The quantitative estimate of drug-likeness (QED) is 0.691. The molecule has 0 fully saturated rings. The minimum atomic E-state index is -0.149. The molecule has 1 amide bonds. The van der Waals surface area contributed by atoms with Gasteiger partial charge in [0, 0.05) is 6.92 Å². The first kappa shape index (κ1) is 9.38. The van der Waals surface area contributed by atoms with Crippen LogP contribution in [0.15, 0.2) is 12.3 Å². The lowest BCUT2D eigenvalue weighted by Crippen LogP contribution is -2.07. The number of aromatic nitrogens is 1. The van der Waals surface area contributed by atoms with Crippen molar-refractivity contribution >= 4 is 17.9 Å². The fourth-order valence-electron chi connectivity index (χ4n) is 0.963. The van der Waals surface area contributed by atoms with E-state index in [4.69, 9.17) is 0 Å². The number of aryl methyl sites for hydroxylation is 1. The van der Waals surface area contributed by atoms with Crippen LogP contribution in [0.2, 0.25) is 0 Å². The molecule has 0 unspecified atom stereocenters. The fourth-order valence-corrected chi connectivity index (χ4v) is 0.963. The van der Waals surface area contributed by atoms with E-state index in [1.54, 1.807) is 13.0 Å². The van der Waals surface area contributed by atoms with Gasteiger partial charge in [-0.15, -0.1) is 0 Å². The molecular weight excluding hydrogens is 168 g/mol. The highest BCUT2D eigenvalue weighted by Gasteiger charge is 2.01. The van der Waals surface area contributed by atoms with E-state index in [0.717, 1.165) is 5.56 Å². The van der Waals surface area contributed by atoms with Crippen molar-refractivity contribution in [2.45, 2.75) is 13.8 Å². The fraction of sp³-hybridized carbons (Fsp3) is 0.222. The number of nitrogens with zero attached hydrogens (tertiary/aromatic N) is 1. The summed E-state index contributed by atoms with van der Waals surface area (Å²) in [5.41, 5.74) is 1.83. The molecule has 0 bridgehead atoms. The maximum atomic E-state index is 10.7. The Morgan fingerprint density at radius 1 is 1.62 bits per heavy atom. The second-order valence-corrected chi connectivity index (χ2v) is 2.72. The Hall–Kier alpha value is -1.71. The summed E-state index contributed by atoms with van der Waals surface area (Å²) in [6.07, 6.45) is 2.14. The molecular formula is C9H10N2O2. The molecule has 1 N–H and O–H groups in total. The monoisotopic (exact) mass is 178 g/mol. The van der Waals surface area contributed by atoms with Gasteiger partial charge in [0.1, 0.15) is 5.69 Å². The van der Waals surface area contributed by atoms with Crippen LogP contribution in [0.4, 0.5) is 5.69 Å². The lowest BCUT2D eigenvalue weighted by molar-refractivity contribution is -0.114. The Morgan fingerprint density at radius 3 is 2.77 bits per heavy atom. The SMILES string of the molecule is CC(=O)Nc1cnc(C=O)cc1C. The van der Waals surface area contributed by atoms with Crippen LogP contribution >= 0.6 is 0 Å². The topological polar surface area (TPSA) is 59.1 Å². The molecule has 68 valence electrons. The van der Waals surface area contributed by atoms with Crippen molar-refractivity contribution in [2.75, 3.05) is 5.32 Å². The van der Waals surface area contributed by atoms with Gasteiger partial charge >= 0.3 is 0 Å². The molecule has 1 aromatic heterocycles. The van der Waals surface area contributed by atoms with Crippen molar-refractivity contribution in [3.05, 3.63) is 23.5 Å². The average Bonchev–Trinajstić information content (AvgIpc) is 2.08. The molecule has 0 radical (unpaired) electrons. The van der Waals surface area contributed by atoms with Gasteiger partial charge in [-0.1, -0.05) is 0 Å². The van der Waals surface area contributed by atoms with Crippen LogP contribution in [-0.4, -0.2) is 17.2 Å². The largest absolute Gasteiger partial charge is 0.325 e. The molecule has 1 aromatic rings. The van der Waals surface area contributed by atoms with E-state index < -0.39 is 0 Å². The van der Waals surface area contributed by atoms with Crippen LogP contribution in [0.25, 0.3) is 0 Å². The number of rotatable bonds is 2. The third-order valence-electron chi connectivity index (χ3n) is 1.56. The Balaban J connectivity index is 2.98. The molecule has 1 rings (SSSR count). The lowest BCUT2D eigenvalue weighted by Gasteiger charge is -2.04. The van der Waals surface area contributed by atoms with Gasteiger partial charge < -0.3 is 5.32 Å². The van der Waals surface area contributed by atoms with Crippen molar-refractivity contribution in [1.29, 1.82) is 0 Å². The Bertz CT molecular complexity index is 347. The van der Waals surface area contributed by atoms with Crippen molar-refractivity contribution in [3.8, 4) is 0 Å². The second kappa shape index (κ2) is 3.80. The summed E-state index contributed by atoms with van der Waals surface area (Å²) >= 11 is 0. The number of anilines is 1. The Morgan fingerprint density at radius 2 is 2.31 bits per heavy atom. The maximum Gasteiger partial charge on any atom is 0.221 e. The molecule has 0 spiro atoms. The first-order valence-corrected chi connectivity index (χ1v) is 3.83. The first-order valence-electron chi connectivity index (χ1n) is 3.83. The van der Waals surface area contributed by atoms with E-state index >= 15 is 0 Å². The van der Waals surface area contributed by atoms with Crippen LogP contribution in [0.3, 0.4) is 0 Å². The van der Waals surface area contributed by atoms with Gasteiger partial charge in [-0.2, -0.15) is 0 Å². The average molecular weight is 178 g/mol. The summed E-state index contributed by atoms with van der Waals surface area (Å²) in [6, 6.07) is 1.62. The Kier molecular flexibility index (Phi) is 2.74. The van der Waals surface area contributed by atoms with Crippen LogP contribution in [0, 0.1) is 6.92 Å². The summed E-state index contributed by atoms with van der Waals surface area (Å²) < 4.78 is 0. The third kappa shape index (κ3) is 2.37. The van der Waals surface area contributed by atoms with E-state index in [1.165, 1.54) is 13.1 Å². The summed E-state index contributed by atoms with van der Waals surface area (Å²) in [5.74, 6) is -0.149. The molecule has 0 saturated heterocycles. The van der Waals surface area contributed by atoms with E-state index in [-0.39, 0.29) is 5.91 Å². The molecule has 0 atom stereocenters. The number of carbonyl (C=O) groups excluding carboxylic acids is 2. The molecule has 4 nitrogen and oxygen atoms in total. The number of carbonyl (C=O) groups is 2. The van der Waals surface area contributed by atoms with E-state index in [0.29, 0.717) is 17.7 Å². The molecule has 13 heavy (non-hydrogen) atoms. The molecule has 0 aliphatic rings. The molecule has 0 aliphatic heterocycles. The number of nitrogens with one attached hydrogen (secondary N) is 1. The Labute approximate surface area is 76.0 Å². The van der Waals surface area contributed by atoms with Crippen molar-refractivity contribution in [1.82, 2.24) is 4.98 Å². The molecule has 4 heteroatoms. The summed E-state index contributed by atoms with van der Waals surface area (Å²) in [7, 11) is 0. The summed E-state index contributed by atoms with van der Waals surface area (Å²) in [4.78, 5) is 24.9. The second-order valence-electron chi connectivity index (χ2n) is 2.72. The number of hydrogen-bond acceptors (Lipinski definition) is 3. The molecule has 0 saturated carbocycles. The standard InChI is InChI=1S/C9H10N2O2/c1-6-3-8(5-12)10-4-9(6)11-7(2)13/h3-5H,1-2H3,(H,11,13). The molecule has 0 aliphatic carbocycles. The number of pyridine rings is 1. The minimum Gasteiger partial charge on any atom is -0.325 e. The smallest absolute Gasteiger partial charge is 0.221 e. The minimum absolute atomic E-state index is 0.149. The van der Waals surface area contributed by atoms with E-state index in [2.05, 4.69) is 10.3 Å². The van der Waals surface area contributed by atoms with Gasteiger partial charge in [-0.05, 0) is 18.6 Å². The number of hydrogen-bond donors (Lipinski definition) is 1. The lowest BCUT2D eigenvalue weighted by atomic mass is 10.2. The van der Waals surface area contributed by atoms with Crippen LogP contribution in [0.1, 0.15) is 23.0 Å². The predicted molar refractivity (Wildman–Crippen MR) is 48.7 cm³/mol. The van der Waals surface area contributed by atoms with Gasteiger partial charge in [-0.25, -0.2) is 0 Å². The van der Waals surface area contributed by atoms with Crippen molar-refractivity contribution < 1.29 is 9.59 Å². The van der Waals surface area contributed by atoms with Crippen molar-refractivity contribution in [3.63, 3.8) is 0 Å². The van der Waals surface area contributed by atoms with Gasteiger partial charge in [0.15, 0.2) is 6.29 Å². The highest BCUT2D eigenvalue weighted by Crippen LogP contribution is 2.12. The van der Waals surface area contributed by atoms with Crippen LogP contribution < -0.4 is 5.32 Å². The number of amides is 1. The van der Waals surface area contributed by atoms with Gasteiger partial charge in [0.25, 0.3) is 0 Å². The normalized spacial score (nSPS) is 9.38. The summed E-state index contributed by atoms with van der Waals surface area (Å²) in [6.45, 7) is 3.23. The van der Waals surface area contributed by atoms with Crippen molar-refractivity contribution in [2.24, 2.45) is 0 Å².